The number of anilines is 1. The summed E-state index contributed by atoms with van der Waals surface area (Å²) < 4.78 is 0. The van der Waals surface area contributed by atoms with Crippen molar-refractivity contribution in [3.8, 4) is 0 Å². The quantitative estimate of drug-likeness (QED) is 0.725. The van der Waals surface area contributed by atoms with Crippen molar-refractivity contribution >= 4 is 23.0 Å². The Hall–Kier alpha value is -1.27. The second-order valence-electron chi connectivity index (χ2n) is 4.15. The van der Waals surface area contributed by atoms with E-state index >= 15 is 0 Å². The van der Waals surface area contributed by atoms with Crippen molar-refractivity contribution in [3.05, 3.63) is 18.1 Å². The van der Waals surface area contributed by atoms with Gasteiger partial charge >= 0.3 is 0 Å². The zero-order valence-electron chi connectivity index (χ0n) is 11.2. The highest BCUT2D eigenvalue weighted by atomic mass is 32.1. The maximum absolute atomic E-state index is 5.62. The summed E-state index contributed by atoms with van der Waals surface area (Å²) in [6, 6.07) is 0.259. The lowest BCUT2D eigenvalue weighted by Crippen LogP contribution is -2.35. The van der Waals surface area contributed by atoms with E-state index in [-0.39, 0.29) is 11.0 Å². The number of nitrogens with zero attached hydrogens (tertiary/aromatic N) is 3. The maximum atomic E-state index is 5.62. The van der Waals surface area contributed by atoms with Crippen molar-refractivity contribution in [1.29, 1.82) is 0 Å². The molecular formula is C12H21N5S. The van der Waals surface area contributed by atoms with Crippen LogP contribution in [0, 0.1) is 0 Å². The van der Waals surface area contributed by atoms with Gasteiger partial charge in [0.1, 0.15) is 10.7 Å². The SMILES string of the molecule is CCN(CC)CC(C)Nc1nccnc1C(N)=S. The third-order valence-electron chi connectivity index (χ3n) is 2.74. The third kappa shape index (κ3) is 4.19. The standard InChI is InChI=1S/C12H21N5S/c1-4-17(5-2)8-9(3)16-12-10(11(13)18)14-6-7-15-12/h6-7,9H,4-5,8H2,1-3H3,(H2,13,18)(H,15,16). The van der Waals surface area contributed by atoms with Crippen LogP contribution < -0.4 is 11.1 Å². The first-order valence-electron chi connectivity index (χ1n) is 6.18. The molecule has 3 N–H and O–H groups in total. The molecule has 0 fully saturated rings. The highest BCUT2D eigenvalue weighted by Gasteiger charge is 2.12. The zero-order chi connectivity index (χ0) is 13.5. The first-order chi connectivity index (χ1) is 8.58. The Morgan fingerprint density at radius 1 is 1.39 bits per heavy atom. The summed E-state index contributed by atoms with van der Waals surface area (Å²) in [5.74, 6) is 0.657. The molecule has 0 saturated carbocycles. The summed E-state index contributed by atoms with van der Waals surface area (Å²) >= 11 is 4.96. The van der Waals surface area contributed by atoms with Gasteiger partial charge < -0.3 is 16.0 Å². The molecule has 100 valence electrons. The molecule has 0 aliphatic carbocycles. The monoisotopic (exact) mass is 267 g/mol. The zero-order valence-corrected chi connectivity index (χ0v) is 12.0. The molecule has 0 aliphatic rings. The number of nitrogens with one attached hydrogen (secondary N) is 1. The van der Waals surface area contributed by atoms with E-state index in [1.807, 2.05) is 0 Å². The number of likely N-dealkylation sites (N-methyl/N-ethyl adjacent to an activating group) is 1. The Labute approximate surface area is 114 Å². The van der Waals surface area contributed by atoms with Crippen molar-refractivity contribution in [2.75, 3.05) is 25.0 Å². The van der Waals surface area contributed by atoms with E-state index in [0.29, 0.717) is 11.5 Å². The fourth-order valence-corrected chi connectivity index (χ4v) is 1.92. The number of nitrogens with two attached hydrogens (primary N) is 1. The normalized spacial score (nSPS) is 12.4. The largest absolute Gasteiger partial charge is 0.388 e. The van der Waals surface area contributed by atoms with Crippen molar-refractivity contribution in [2.24, 2.45) is 5.73 Å². The molecule has 1 rings (SSSR count). The molecule has 0 saturated heterocycles. The second-order valence-corrected chi connectivity index (χ2v) is 4.59. The van der Waals surface area contributed by atoms with Gasteiger partial charge in [-0.1, -0.05) is 26.1 Å². The van der Waals surface area contributed by atoms with Gasteiger partial charge in [-0.05, 0) is 20.0 Å². The lowest BCUT2D eigenvalue weighted by Gasteiger charge is -2.24. The van der Waals surface area contributed by atoms with E-state index in [1.54, 1.807) is 12.4 Å². The summed E-state index contributed by atoms with van der Waals surface area (Å²) in [7, 11) is 0. The molecule has 1 unspecified atom stereocenters. The van der Waals surface area contributed by atoms with Crippen molar-refractivity contribution < 1.29 is 0 Å². The van der Waals surface area contributed by atoms with Crippen LogP contribution in [-0.2, 0) is 0 Å². The minimum absolute atomic E-state index is 0.259. The smallest absolute Gasteiger partial charge is 0.155 e. The van der Waals surface area contributed by atoms with E-state index in [9.17, 15) is 0 Å². The molecule has 0 amide bonds. The fourth-order valence-electron chi connectivity index (χ4n) is 1.77. The summed E-state index contributed by atoms with van der Waals surface area (Å²) in [4.78, 5) is 11.0. The van der Waals surface area contributed by atoms with Crippen LogP contribution in [0.2, 0.25) is 0 Å². The van der Waals surface area contributed by atoms with Crippen molar-refractivity contribution in [3.63, 3.8) is 0 Å². The minimum Gasteiger partial charge on any atom is -0.388 e. The van der Waals surface area contributed by atoms with Crippen LogP contribution in [0.25, 0.3) is 0 Å². The molecule has 1 atom stereocenters. The van der Waals surface area contributed by atoms with Gasteiger partial charge in [-0.3, -0.25) is 0 Å². The first kappa shape index (κ1) is 14.8. The van der Waals surface area contributed by atoms with Crippen LogP contribution in [0.1, 0.15) is 26.5 Å². The third-order valence-corrected chi connectivity index (χ3v) is 2.93. The summed E-state index contributed by atoms with van der Waals surface area (Å²) in [6.45, 7) is 9.42. The van der Waals surface area contributed by atoms with Crippen LogP contribution in [-0.4, -0.2) is 45.5 Å². The highest BCUT2D eigenvalue weighted by Crippen LogP contribution is 2.10. The number of thiocarbonyl (C=S) groups is 1. The van der Waals surface area contributed by atoms with Gasteiger partial charge in [-0.25, -0.2) is 9.97 Å². The molecule has 18 heavy (non-hydrogen) atoms. The van der Waals surface area contributed by atoms with E-state index in [1.165, 1.54) is 0 Å². The molecule has 6 heteroatoms. The van der Waals surface area contributed by atoms with Gasteiger partial charge in [0.25, 0.3) is 0 Å². The fraction of sp³-hybridized carbons (Fsp3) is 0.583. The molecule has 0 radical (unpaired) electrons. The lowest BCUT2D eigenvalue weighted by molar-refractivity contribution is 0.294. The van der Waals surface area contributed by atoms with Crippen LogP contribution in [0.15, 0.2) is 12.4 Å². The summed E-state index contributed by atoms with van der Waals surface area (Å²) in [5, 5.41) is 3.31. The number of aromatic nitrogens is 2. The van der Waals surface area contributed by atoms with Crippen LogP contribution in [0.4, 0.5) is 5.82 Å². The number of rotatable bonds is 7. The van der Waals surface area contributed by atoms with E-state index < -0.39 is 0 Å². The van der Waals surface area contributed by atoms with Gasteiger partial charge in [0, 0.05) is 25.0 Å². The molecule has 1 heterocycles. The predicted octanol–water partition coefficient (Wildman–Crippen LogP) is 1.25. The predicted molar refractivity (Wildman–Crippen MR) is 78.8 cm³/mol. The van der Waals surface area contributed by atoms with Crippen molar-refractivity contribution in [2.45, 2.75) is 26.8 Å². The molecular weight excluding hydrogens is 246 g/mol. The van der Waals surface area contributed by atoms with Gasteiger partial charge in [-0.15, -0.1) is 0 Å². The molecule has 1 aromatic heterocycles. The molecule has 0 aromatic carbocycles. The summed E-state index contributed by atoms with van der Waals surface area (Å²) in [5.41, 5.74) is 6.18. The molecule has 0 aliphatic heterocycles. The van der Waals surface area contributed by atoms with Crippen LogP contribution in [0.5, 0.6) is 0 Å². The van der Waals surface area contributed by atoms with Gasteiger partial charge in [0.05, 0.1) is 0 Å². The summed E-state index contributed by atoms with van der Waals surface area (Å²) in [6.07, 6.45) is 3.23. The molecule has 5 nitrogen and oxygen atoms in total. The minimum atomic E-state index is 0.259. The van der Waals surface area contributed by atoms with E-state index in [4.69, 9.17) is 18.0 Å². The second kappa shape index (κ2) is 7.23. The molecule has 1 aromatic rings. The van der Waals surface area contributed by atoms with Crippen LogP contribution >= 0.6 is 12.2 Å². The Morgan fingerprint density at radius 2 is 2.00 bits per heavy atom. The van der Waals surface area contributed by atoms with E-state index in [2.05, 4.69) is 41.0 Å². The van der Waals surface area contributed by atoms with Crippen molar-refractivity contribution in [1.82, 2.24) is 14.9 Å². The Kier molecular flexibility index (Phi) is 5.94. The van der Waals surface area contributed by atoms with Crippen LogP contribution in [0.3, 0.4) is 0 Å². The Balaban J connectivity index is 2.69. The molecule has 0 spiro atoms. The first-order valence-corrected chi connectivity index (χ1v) is 6.59. The Bertz CT molecular complexity index is 392. The van der Waals surface area contributed by atoms with Gasteiger partial charge in [0.2, 0.25) is 0 Å². The van der Waals surface area contributed by atoms with Gasteiger partial charge in [0.15, 0.2) is 5.82 Å². The number of hydrogen-bond donors (Lipinski definition) is 2. The highest BCUT2D eigenvalue weighted by molar-refractivity contribution is 7.80. The van der Waals surface area contributed by atoms with E-state index in [0.717, 1.165) is 19.6 Å². The lowest BCUT2D eigenvalue weighted by atomic mass is 10.3. The number of hydrogen-bond acceptors (Lipinski definition) is 5. The van der Waals surface area contributed by atoms with Gasteiger partial charge in [-0.2, -0.15) is 0 Å². The topological polar surface area (TPSA) is 67.1 Å². The average molecular weight is 267 g/mol. The maximum Gasteiger partial charge on any atom is 0.155 e. The Morgan fingerprint density at radius 3 is 2.56 bits per heavy atom. The average Bonchev–Trinajstić information content (AvgIpc) is 2.36. The molecule has 0 bridgehead atoms.